The van der Waals surface area contributed by atoms with Crippen molar-refractivity contribution < 1.29 is 74.2 Å². The summed E-state index contributed by atoms with van der Waals surface area (Å²) in [6, 6.07) is 36.6. The van der Waals surface area contributed by atoms with E-state index in [1.807, 2.05) is 0 Å². The zero-order valence-corrected chi connectivity index (χ0v) is 83.6. The van der Waals surface area contributed by atoms with Crippen LogP contribution in [0.1, 0.15) is 51.4 Å². The van der Waals surface area contributed by atoms with Crippen molar-refractivity contribution in [3.63, 3.8) is 0 Å². The lowest BCUT2D eigenvalue weighted by atomic mass is 10.0. The first-order valence-corrected chi connectivity index (χ1v) is 55.6. The molecular formula is C100H110F2N12O22Si3. The third kappa shape index (κ3) is 23.8. The van der Waals surface area contributed by atoms with Crippen molar-refractivity contribution >= 4 is 74.1 Å². The molecule has 12 aromatic heterocycles. The molecule has 16 aromatic rings. The molecule has 0 bridgehead atoms. The highest BCUT2D eigenvalue weighted by molar-refractivity contribution is 6.76. The standard InChI is InChI=1S/C28H33N3O7Si.C26H30FN3O5Si.C26H31N3O6Si.C20H16FN3O4/c1-18-25(30(3)28(34)31(27(18)33)17-35-13-14-39(4,5)6)22-8-7-21(15-20(22)16-37-19(2)32)38-26-23-10-12-36-24(23)9-11-29-26;1-17-23(29(2)26(32)30(25(17)31)16-33-12-13-36(3,4)5)20-7-6-19(14-18(20)15-27)35-24-21-9-11-34-22(21)8-10-28-24;1-17-23(28(2)26(32)29(25(17)31)16-33-12-13-36(3,4)5)20-7-6-19(14-18(20)15-30)35-24-21-9-11-34-22(21)8-10-27-24;1-11-17(24(2)20(26)23-18(11)25)14-4-3-13(9-12(14)10-21)28-19-15-6-8-27-16(15)5-7-22-19/h7-12,15H,13-14,16-17H2,1-6H3;6-11,14H,12-13,15-16H2,1-5H3;6-11,14,30H,12-13,15-16H2,1-5H3;3-9H,10H2,1-2H3,(H,23,25,26). The molecule has 139 heavy (non-hydrogen) atoms. The Kier molecular flexibility index (Phi) is 32.1. The van der Waals surface area contributed by atoms with E-state index < -0.39 is 88.5 Å². The maximum absolute atomic E-state index is 14.2. The number of carbonyl (C=O) groups is 1. The average molecular weight is 1950 g/mol. The molecule has 0 amide bonds. The number of aromatic amines is 1. The molecule has 728 valence electrons. The number of ether oxygens (including phenoxy) is 8. The molecule has 2 N–H and O–H groups in total. The maximum Gasteiger partial charge on any atom is 0.333 e. The number of carbonyl (C=O) groups excluding carboxylic acids is 1. The number of halogens is 2. The molecule has 0 fully saturated rings. The van der Waals surface area contributed by atoms with Crippen LogP contribution in [-0.2, 0) is 98.7 Å². The SMILES string of the molecule is CC(=O)OCc1cc(Oc2nccc3occc23)ccc1-c1c(C)c(=O)n(COCC[Si](C)(C)C)c(=O)n1C.Cc1c(-c2ccc(Oc3nccc4occc34)cc2CF)n(C)c(=O)[nH]c1=O.Cc1c(-c2ccc(Oc3nccc4occc34)cc2CF)n(C)c(=O)n(COCC[Si](C)(C)C)c1=O.Cc1c(-c2ccc(Oc3nccc4occc34)cc2CO)n(C)c(=O)n(COCC[Si](C)(C)C)c1=O. The lowest BCUT2D eigenvalue weighted by molar-refractivity contribution is -0.142. The molecule has 0 atom stereocenters. The van der Waals surface area contributed by atoms with E-state index in [1.54, 1.807) is 201 Å². The van der Waals surface area contributed by atoms with Crippen molar-refractivity contribution in [2.24, 2.45) is 28.2 Å². The summed E-state index contributed by atoms with van der Waals surface area (Å²) < 4.78 is 104. The predicted molar refractivity (Wildman–Crippen MR) is 530 cm³/mol. The molecule has 0 aliphatic heterocycles. The first-order chi connectivity index (χ1) is 66.2. The van der Waals surface area contributed by atoms with Crippen LogP contribution < -0.4 is 63.9 Å². The van der Waals surface area contributed by atoms with Crippen molar-refractivity contribution in [1.82, 2.24) is 56.9 Å². The fraction of sp³-hybridized carbons (Fsp3) is 0.310. The van der Waals surface area contributed by atoms with Crippen LogP contribution in [0.3, 0.4) is 0 Å². The average Bonchev–Trinajstić information content (AvgIpc) is 0.822. The number of fused-ring (bicyclic) bond motifs is 4. The van der Waals surface area contributed by atoms with Gasteiger partial charge < -0.3 is 60.7 Å². The number of rotatable bonds is 32. The van der Waals surface area contributed by atoms with Gasteiger partial charge in [0.2, 0.25) is 23.5 Å². The Bertz CT molecular complexity index is 7400. The smallest absolute Gasteiger partial charge is 0.333 e. The minimum absolute atomic E-state index is 0.0816. The molecule has 0 saturated heterocycles. The molecule has 4 aromatic carbocycles. The number of nitrogens with one attached hydrogen (secondary N) is 1. The first kappa shape index (κ1) is 102. The van der Waals surface area contributed by atoms with Gasteiger partial charge in [-0.2, -0.15) is 0 Å². The van der Waals surface area contributed by atoms with Crippen molar-refractivity contribution in [2.45, 2.75) is 158 Å². The molecule has 0 radical (unpaired) electrons. The predicted octanol–water partition coefficient (Wildman–Crippen LogP) is 17.8. The number of aliphatic hydroxyl groups excluding tert-OH is 1. The fourth-order valence-corrected chi connectivity index (χ4v) is 17.6. The van der Waals surface area contributed by atoms with E-state index in [4.69, 9.17) is 55.6 Å². The minimum atomic E-state index is -1.31. The van der Waals surface area contributed by atoms with Gasteiger partial charge in [-0.25, -0.2) is 61.6 Å². The number of hydrogen-bond donors (Lipinski definition) is 2. The van der Waals surface area contributed by atoms with Crippen LogP contribution in [0.5, 0.6) is 46.5 Å². The Morgan fingerprint density at radius 1 is 0.388 bits per heavy atom. The summed E-state index contributed by atoms with van der Waals surface area (Å²) in [7, 11) is 2.41. The molecular weight excluding hydrogens is 1840 g/mol. The number of esters is 1. The van der Waals surface area contributed by atoms with Crippen LogP contribution in [0, 0.1) is 27.7 Å². The number of nitrogens with zero attached hydrogens (tertiary/aromatic N) is 11. The van der Waals surface area contributed by atoms with E-state index in [0.29, 0.717) is 189 Å². The van der Waals surface area contributed by atoms with Gasteiger partial charge in [-0.15, -0.1) is 0 Å². The molecule has 0 aliphatic carbocycles. The Hall–Kier alpha value is -14.6. The van der Waals surface area contributed by atoms with Gasteiger partial charge in [-0.1, -0.05) is 58.9 Å². The summed E-state index contributed by atoms with van der Waals surface area (Å²) in [5.74, 6) is 2.58. The Morgan fingerprint density at radius 3 is 0.957 bits per heavy atom. The number of H-pyrrole nitrogens is 1. The zero-order valence-electron chi connectivity index (χ0n) is 80.6. The second kappa shape index (κ2) is 43.8. The van der Waals surface area contributed by atoms with Crippen LogP contribution >= 0.6 is 0 Å². The maximum atomic E-state index is 14.2. The third-order valence-electron chi connectivity index (χ3n) is 23.0. The topological polar surface area (TPSA) is 402 Å². The lowest BCUT2D eigenvalue weighted by Crippen LogP contribution is -2.42. The first-order valence-electron chi connectivity index (χ1n) is 44.5. The number of aliphatic hydroxyl groups is 1. The van der Waals surface area contributed by atoms with E-state index in [9.17, 15) is 57.0 Å². The highest BCUT2D eigenvalue weighted by atomic mass is 28.3. The second-order valence-corrected chi connectivity index (χ2v) is 53.5. The van der Waals surface area contributed by atoms with Gasteiger partial charge in [0.05, 0.1) is 76.0 Å². The molecule has 0 unspecified atom stereocenters. The van der Waals surface area contributed by atoms with E-state index in [0.717, 1.165) is 37.2 Å². The van der Waals surface area contributed by atoms with E-state index in [1.165, 1.54) is 50.8 Å². The number of hydrogen-bond acceptors (Lipinski definition) is 26. The van der Waals surface area contributed by atoms with Gasteiger partial charge in [0.1, 0.15) is 85.5 Å². The summed E-state index contributed by atoms with van der Waals surface area (Å²) in [6.45, 7) is 27.1. The Balaban J connectivity index is 0.000000157. The highest BCUT2D eigenvalue weighted by Crippen LogP contribution is 2.39. The normalized spacial score (nSPS) is 11.6. The second-order valence-electron chi connectivity index (χ2n) is 36.7. The zero-order chi connectivity index (χ0) is 100. The number of alkyl halides is 2. The quantitative estimate of drug-likeness (QED) is 0.0225. The van der Waals surface area contributed by atoms with Gasteiger partial charge >= 0.3 is 28.7 Å². The lowest BCUT2D eigenvalue weighted by Gasteiger charge is -2.19. The minimum Gasteiger partial charge on any atom is -0.464 e. The van der Waals surface area contributed by atoms with E-state index in [-0.39, 0.29) is 39.0 Å². The highest BCUT2D eigenvalue weighted by Gasteiger charge is 2.27. The number of furan rings is 4. The molecule has 16 rings (SSSR count). The summed E-state index contributed by atoms with van der Waals surface area (Å²) in [5.41, 5.74) is 5.35. The van der Waals surface area contributed by atoms with Crippen molar-refractivity contribution in [2.75, 3.05) is 19.8 Å². The van der Waals surface area contributed by atoms with Crippen molar-refractivity contribution in [3.8, 4) is 91.5 Å². The Labute approximate surface area is 797 Å². The number of aromatic nitrogens is 12. The van der Waals surface area contributed by atoms with Gasteiger partial charge in [0.15, 0.2) is 0 Å². The van der Waals surface area contributed by atoms with Crippen LogP contribution in [0.4, 0.5) is 8.78 Å². The van der Waals surface area contributed by atoms with Crippen molar-refractivity contribution in [3.05, 3.63) is 299 Å². The molecule has 0 spiro atoms. The monoisotopic (exact) mass is 1950 g/mol. The van der Waals surface area contributed by atoms with Crippen LogP contribution in [0.25, 0.3) is 88.9 Å². The van der Waals surface area contributed by atoms with Gasteiger partial charge in [0, 0.05) is 154 Å². The van der Waals surface area contributed by atoms with E-state index >= 15 is 0 Å². The van der Waals surface area contributed by atoms with Crippen molar-refractivity contribution in [1.29, 1.82) is 0 Å². The third-order valence-corrected chi connectivity index (χ3v) is 28.1. The summed E-state index contributed by atoms with van der Waals surface area (Å²) in [6.07, 6.45) is 12.5. The molecule has 0 saturated carbocycles. The van der Waals surface area contributed by atoms with Gasteiger partial charge in [0.25, 0.3) is 22.2 Å². The molecule has 0 aliphatic rings. The van der Waals surface area contributed by atoms with Crippen LogP contribution in [-0.4, -0.2) is 112 Å². The number of pyridine rings is 4. The van der Waals surface area contributed by atoms with Gasteiger partial charge in [-0.05, 0) is 184 Å². The molecule has 12 heterocycles. The largest absolute Gasteiger partial charge is 0.464 e. The molecule has 34 nitrogen and oxygen atoms in total. The summed E-state index contributed by atoms with van der Waals surface area (Å²) in [5, 5.41) is 12.9. The summed E-state index contributed by atoms with van der Waals surface area (Å²) in [4.78, 5) is 134. The van der Waals surface area contributed by atoms with Crippen LogP contribution in [0.15, 0.2) is 227 Å². The van der Waals surface area contributed by atoms with Crippen LogP contribution in [0.2, 0.25) is 77.1 Å². The van der Waals surface area contributed by atoms with E-state index in [2.05, 4.69) is 83.8 Å². The number of benzene rings is 4. The summed E-state index contributed by atoms with van der Waals surface area (Å²) >= 11 is 0. The Morgan fingerprint density at radius 2 is 0.669 bits per heavy atom. The fourth-order valence-electron chi connectivity index (χ4n) is 15.3. The molecule has 39 heteroatoms. The van der Waals surface area contributed by atoms with Gasteiger partial charge in [-0.3, -0.25) is 47.2 Å².